The number of carbonyl (C=O) groups is 1. The fourth-order valence-corrected chi connectivity index (χ4v) is 3.45. The molecule has 0 unspecified atom stereocenters. The quantitative estimate of drug-likeness (QED) is 0.433. The van der Waals surface area contributed by atoms with Crippen LogP contribution in [-0.4, -0.2) is 10.9 Å². The fourth-order valence-electron chi connectivity index (χ4n) is 2.59. The molecule has 0 atom stereocenters. The van der Waals surface area contributed by atoms with Crippen molar-refractivity contribution in [2.45, 2.75) is 0 Å². The normalized spacial score (nSPS) is 11.4. The lowest BCUT2D eigenvalue weighted by molar-refractivity contribution is -0.112. The van der Waals surface area contributed by atoms with E-state index >= 15 is 0 Å². The van der Waals surface area contributed by atoms with Crippen LogP contribution in [0.5, 0.6) is 0 Å². The number of rotatable bonds is 3. The van der Waals surface area contributed by atoms with E-state index in [2.05, 4.69) is 10.3 Å². The third-order valence-electron chi connectivity index (χ3n) is 3.89. The van der Waals surface area contributed by atoms with Crippen molar-refractivity contribution in [3.8, 4) is 6.07 Å². The molecule has 4 aromatic rings. The highest BCUT2D eigenvalue weighted by molar-refractivity contribution is 7.22. The molecule has 2 heterocycles. The highest BCUT2D eigenvalue weighted by Gasteiger charge is 2.14. The molecule has 1 amide bonds. The number of nitriles is 1. The van der Waals surface area contributed by atoms with Gasteiger partial charge in [-0.3, -0.25) is 14.9 Å². The maximum absolute atomic E-state index is 12.5. The Morgan fingerprint density at radius 2 is 1.96 bits per heavy atom. The van der Waals surface area contributed by atoms with Crippen molar-refractivity contribution in [1.82, 2.24) is 4.98 Å². The number of aromatic nitrogens is 1. The highest BCUT2D eigenvalue weighted by Crippen LogP contribution is 2.25. The van der Waals surface area contributed by atoms with E-state index in [0.29, 0.717) is 16.1 Å². The van der Waals surface area contributed by atoms with Crippen LogP contribution in [0.4, 0.5) is 5.13 Å². The Balaban J connectivity index is 1.67. The summed E-state index contributed by atoms with van der Waals surface area (Å²) in [7, 11) is 0. The Morgan fingerprint density at radius 1 is 1.19 bits per heavy atom. The summed E-state index contributed by atoms with van der Waals surface area (Å²) in [5.41, 5.74) is 0.812. The fraction of sp³-hybridized carbons (Fsp3) is 0. The number of nitrogens with one attached hydrogen (secondary N) is 1. The minimum Gasteiger partial charge on any atom is -0.463 e. The predicted octanol–water partition coefficient (Wildman–Crippen LogP) is 3.95. The second-order valence-electron chi connectivity index (χ2n) is 5.63. The van der Waals surface area contributed by atoms with Gasteiger partial charge in [-0.15, -0.1) is 0 Å². The van der Waals surface area contributed by atoms with Gasteiger partial charge in [0, 0.05) is 0 Å². The molecule has 130 valence electrons. The summed E-state index contributed by atoms with van der Waals surface area (Å²) in [6.45, 7) is 0. The summed E-state index contributed by atoms with van der Waals surface area (Å²) in [5, 5.41) is 12.7. The zero-order valence-electron chi connectivity index (χ0n) is 13.8. The Bertz CT molecular complexity index is 1280. The number of thiazole rings is 1. The third kappa shape index (κ3) is 3.21. The molecule has 0 radical (unpaired) electrons. The van der Waals surface area contributed by atoms with E-state index in [1.54, 1.807) is 24.3 Å². The number of anilines is 1. The Labute approximate surface area is 157 Å². The van der Waals surface area contributed by atoms with Crippen LogP contribution in [0.25, 0.3) is 27.3 Å². The number of amides is 1. The lowest BCUT2D eigenvalue weighted by atomic mass is 10.1. The smallest absolute Gasteiger partial charge is 0.268 e. The minimum atomic E-state index is -0.635. The number of hydrogen-bond donors (Lipinski definition) is 1. The van der Waals surface area contributed by atoms with Gasteiger partial charge in [-0.05, 0) is 30.3 Å². The van der Waals surface area contributed by atoms with Gasteiger partial charge in [-0.2, -0.15) is 5.26 Å². The van der Waals surface area contributed by atoms with Gasteiger partial charge in [0.1, 0.15) is 23.5 Å². The molecular formula is C20H11N3O3S. The van der Waals surface area contributed by atoms with E-state index in [1.807, 2.05) is 30.3 Å². The molecule has 0 fully saturated rings. The molecule has 2 aromatic heterocycles. The number of hydrogen-bond acceptors (Lipinski definition) is 6. The van der Waals surface area contributed by atoms with Gasteiger partial charge in [-0.25, -0.2) is 4.98 Å². The van der Waals surface area contributed by atoms with Gasteiger partial charge < -0.3 is 4.42 Å². The first-order valence-electron chi connectivity index (χ1n) is 7.95. The molecule has 0 saturated heterocycles. The van der Waals surface area contributed by atoms with Crippen LogP contribution in [0.1, 0.15) is 5.56 Å². The zero-order chi connectivity index (χ0) is 18.8. The van der Waals surface area contributed by atoms with Crippen LogP contribution in [-0.2, 0) is 4.79 Å². The summed E-state index contributed by atoms with van der Waals surface area (Å²) < 4.78 is 6.33. The van der Waals surface area contributed by atoms with Crippen LogP contribution < -0.4 is 10.7 Å². The number of carbonyl (C=O) groups excluding carboxylic acids is 1. The molecule has 6 nitrogen and oxygen atoms in total. The summed E-state index contributed by atoms with van der Waals surface area (Å²) in [5.74, 6) is -0.635. The topological polar surface area (TPSA) is 96.0 Å². The van der Waals surface area contributed by atoms with Gasteiger partial charge >= 0.3 is 0 Å². The first-order valence-corrected chi connectivity index (χ1v) is 8.76. The Hall–Kier alpha value is -3.76. The third-order valence-corrected chi connectivity index (χ3v) is 4.84. The van der Waals surface area contributed by atoms with Gasteiger partial charge in [0.2, 0.25) is 0 Å². The maximum atomic E-state index is 12.5. The van der Waals surface area contributed by atoms with Gasteiger partial charge in [0.25, 0.3) is 5.91 Å². The summed E-state index contributed by atoms with van der Waals surface area (Å²) in [4.78, 5) is 29.3. The van der Waals surface area contributed by atoms with Crippen LogP contribution in [0, 0.1) is 11.3 Å². The standard InChI is InChI=1S/C20H11N3O3S/c21-10-12(9-13-11-26-16-7-3-1-5-14(16)18(13)24)19(25)23-20-22-15-6-2-4-8-17(15)27-20/h1-9,11H,(H,22,23,25). The largest absolute Gasteiger partial charge is 0.463 e. The van der Waals surface area contributed by atoms with Crippen LogP contribution >= 0.6 is 11.3 Å². The maximum Gasteiger partial charge on any atom is 0.268 e. The zero-order valence-corrected chi connectivity index (χ0v) is 14.6. The molecule has 1 N–H and O–H groups in total. The van der Waals surface area contributed by atoms with E-state index in [-0.39, 0.29) is 16.6 Å². The number of nitrogens with zero attached hydrogens (tertiary/aromatic N) is 2. The van der Waals surface area contributed by atoms with Crippen molar-refractivity contribution < 1.29 is 9.21 Å². The molecule has 0 spiro atoms. The second-order valence-corrected chi connectivity index (χ2v) is 6.66. The molecule has 4 rings (SSSR count). The van der Waals surface area contributed by atoms with Crippen molar-refractivity contribution in [2.75, 3.05) is 5.32 Å². The van der Waals surface area contributed by atoms with E-state index in [4.69, 9.17) is 4.42 Å². The number of benzene rings is 2. The molecule has 2 aromatic carbocycles. The van der Waals surface area contributed by atoms with E-state index in [9.17, 15) is 14.9 Å². The minimum absolute atomic E-state index is 0.129. The monoisotopic (exact) mass is 373 g/mol. The van der Waals surface area contributed by atoms with Crippen molar-refractivity contribution >= 4 is 49.6 Å². The first kappa shape index (κ1) is 16.7. The molecule has 0 bridgehead atoms. The molecule has 0 aliphatic rings. The summed E-state index contributed by atoms with van der Waals surface area (Å²) in [6, 6.07) is 16.1. The van der Waals surface area contributed by atoms with Crippen LogP contribution in [0.15, 0.2) is 69.6 Å². The van der Waals surface area contributed by atoms with Gasteiger partial charge in [-0.1, -0.05) is 35.6 Å². The average molecular weight is 373 g/mol. The van der Waals surface area contributed by atoms with Crippen LogP contribution in [0.3, 0.4) is 0 Å². The van der Waals surface area contributed by atoms with Gasteiger partial charge in [0.15, 0.2) is 10.6 Å². The first-order chi connectivity index (χ1) is 13.2. The van der Waals surface area contributed by atoms with E-state index in [0.717, 1.165) is 10.2 Å². The highest BCUT2D eigenvalue weighted by atomic mass is 32.1. The molecule has 7 heteroatoms. The van der Waals surface area contributed by atoms with Crippen molar-refractivity contribution in [1.29, 1.82) is 5.26 Å². The Morgan fingerprint density at radius 3 is 2.78 bits per heavy atom. The lowest BCUT2D eigenvalue weighted by Crippen LogP contribution is -2.14. The summed E-state index contributed by atoms with van der Waals surface area (Å²) in [6.07, 6.45) is 2.47. The van der Waals surface area contributed by atoms with E-state index in [1.165, 1.54) is 23.7 Å². The number of fused-ring (bicyclic) bond motifs is 2. The summed E-state index contributed by atoms with van der Waals surface area (Å²) >= 11 is 1.30. The molecular weight excluding hydrogens is 362 g/mol. The van der Waals surface area contributed by atoms with Crippen molar-refractivity contribution in [3.05, 3.63) is 76.2 Å². The predicted molar refractivity (Wildman–Crippen MR) is 104 cm³/mol. The van der Waals surface area contributed by atoms with Crippen molar-refractivity contribution in [2.24, 2.45) is 0 Å². The van der Waals surface area contributed by atoms with Crippen molar-refractivity contribution in [3.63, 3.8) is 0 Å². The van der Waals surface area contributed by atoms with Crippen LogP contribution in [0.2, 0.25) is 0 Å². The SMILES string of the molecule is N#CC(=Cc1coc2ccccc2c1=O)C(=O)Nc1nc2ccccc2s1. The lowest BCUT2D eigenvalue weighted by Gasteiger charge is -2.01. The van der Waals surface area contributed by atoms with Gasteiger partial charge in [0.05, 0.1) is 21.2 Å². The number of para-hydroxylation sites is 2. The molecule has 0 aliphatic heterocycles. The molecule has 27 heavy (non-hydrogen) atoms. The second kappa shape index (κ2) is 6.86. The molecule has 0 saturated carbocycles. The average Bonchev–Trinajstić information content (AvgIpc) is 3.10. The molecule has 0 aliphatic carbocycles. The van der Waals surface area contributed by atoms with E-state index < -0.39 is 5.91 Å². The Kier molecular flexibility index (Phi) is 4.24.